The Balaban J connectivity index is 1.92. The van der Waals surface area contributed by atoms with Crippen LogP contribution in [0, 0.1) is 17.8 Å². The highest BCUT2D eigenvalue weighted by Gasteiger charge is 2.49. The van der Waals surface area contributed by atoms with Crippen LogP contribution in [0.25, 0.3) is 0 Å². The number of hydrogen-bond donors (Lipinski definition) is 2. The Kier molecular flexibility index (Phi) is 3.25. The van der Waals surface area contributed by atoms with Crippen molar-refractivity contribution in [2.45, 2.75) is 51.7 Å². The quantitative estimate of drug-likeness (QED) is 0.791. The van der Waals surface area contributed by atoms with Gasteiger partial charge in [-0.3, -0.25) is 4.79 Å². The summed E-state index contributed by atoms with van der Waals surface area (Å²) in [4.78, 5) is 22.8. The fraction of sp³-hybridized carbons (Fsp3) is 0.846. The zero-order chi connectivity index (χ0) is 13.5. The van der Waals surface area contributed by atoms with Crippen molar-refractivity contribution in [1.82, 2.24) is 5.32 Å². The van der Waals surface area contributed by atoms with E-state index in [2.05, 4.69) is 5.32 Å². The number of alkyl carbamates (subject to hydrolysis) is 1. The molecular weight excluding hydrogens is 234 g/mol. The van der Waals surface area contributed by atoms with Crippen LogP contribution in [0.5, 0.6) is 0 Å². The van der Waals surface area contributed by atoms with Gasteiger partial charge >= 0.3 is 12.1 Å². The highest BCUT2D eigenvalue weighted by Crippen LogP contribution is 2.48. The second-order valence-electron chi connectivity index (χ2n) is 6.43. The largest absolute Gasteiger partial charge is 0.481 e. The molecule has 2 bridgehead atoms. The Hall–Kier alpha value is -1.26. The van der Waals surface area contributed by atoms with E-state index in [1.165, 1.54) is 0 Å². The molecule has 102 valence electrons. The standard InChI is InChI=1S/C13H21NO4/c1-13(2,3)18-12(17)14-10-6-7-4-8(10)9(5-7)11(15)16/h7-10H,4-6H2,1-3H3,(H,14,17)(H,15,16)/t7-,8-,9+,10-/m0/s1. The smallest absolute Gasteiger partial charge is 0.407 e. The van der Waals surface area contributed by atoms with E-state index in [4.69, 9.17) is 9.84 Å². The predicted octanol–water partition coefficient (Wildman–Crippen LogP) is 2.01. The lowest BCUT2D eigenvalue weighted by molar-refractivity contribution is -0.143. The molecular formula is C13H21NO4. The molecule has 0 saturated heterocycles. The zero-order valence-corrected chi connectivity index (χ0v) is 11.1. The number of carboxylic acids is 1. The number of carbonyl (C=O) groups excluding carboxylic acids is 1. The van der Waals surface area contributed by atoms with Gasteiger partial charge in [0.2, 0.25) is 0 Å². The molecule has 2 fully saturated rings. The average Bonchev–Trinajstić information content (AvgIpc) is 2.72. The van der Waals surface area contributed by atoms with Crippen LogP contribution >= 0.6 is 0 Å². The van der Waals surface area contributed by atoms with Gasteiger partial charge in [-0.15, -0.1) is 0 Å². The van der Waals surface area contributed by atoms with Crippen molar-refractivity contribution in [2.75, 3.05) is 0 Å². The van der Waals surface area contributed by atoms with Crippen LogP contribution in [0.3, 0.4) is 0 Å². The molecule has 2 saturated carbocycles. The molecule has 2 aliphatic carbocycles. The summed E-state index contributed by atoms with van der Waals surface area (Å²) < 4.78 is 5.21. The van der Waals surface area contributed by atoms with Gasteiger partial charge < -0.3 is 15.2 Å². The first-order valence-electron chi connectivity index (χ1n) is 6.48. The number of rotatable bonds is 2. The molecule has 5 nitrogen and oxygen atoms in total. The molecule has 0 spiro atoms. The third kappa shape index (κ3) is 2.76. The summed E-state index contributed by atoms with van der Waals surface area (Å²) in [6, 6.07) is -0.0419. The topological polar surface area (TPSA) is 75.6 Å². The number of aliphatic carboxylic acids is 1. The summed E-state index contributed by atoms with van der Waals surface area (Å²) >= 11 is 0. The lowest BCUT2D eigenvalue weighted by Gasteiger charge is -2.29. The third-order valence-corrected chi connectivity index (χ3v) is 3.83. The minimum atomic E-state index is -0.738. The van der Waals surface area contributed by atoms with Crippen molar-refractivity contribution in [2.24, 2.45) is 17.8 Å². The zero-order valence-electron chi connectivity index (χ0n) is 11.1. The van der Waals surface area contributed by atoms with E-state index in [-0.39, 0.29) is 17.9 Å². The first kappa shape index (κ1) is 13.2. The fourth-order valence-corrected chi connectivity index (χ4v) is 3.26. The number of nitrogens with one attached hydrogen (secondary N) is 1. The molecule has 1 amide bonds. The number of carbonyl (C=O) groups is 2. The van der Waals surface area contributed by atoms with E-state index >= 15 is 0 Å². The first-order valence-corrected chi connectivity index (χ1v) is 6.48. The van der Waals surface area contributed by atoms with Crippen LogP contribution in [-0.4, -0.2) is 28.8 Å². The van der Waals surface area contributed by atoms with Crippen molar-refractivity contribution in [3.05, 3.63) is 0 Å². The summed E-state index contributed by atoms with van der Waals surface area (Å²) in [5.74, 6) is -0.530. The summed E-state index contributed by atoms with van der Waals surface area (Å²) in [6.45, 7) is 5.44. The van der Waals surface area contributed by atoms with E-state index in [1.807, 2.05) is 20.8 Å². The Morgan fingerprint density at radius 1 is 1.22 bits per heavy atom. The monoisotopic (exact) mass is 255 g/mol. The van der Waals surface area contributed by atoms with E-state index in [9.17, 15) is 9.59 Å². The maximum Gasteiger partial charge on any atom is 0.407 e. The van der Waals surface area contributed by atoms with Crippen LogP contribution in [0.15, 0.2) is 0 Å². The van der Waals surface area contributed by atoms with Crippen molar-refractivity contribution >= 4 is 12.1 Å². The van der Waals surface area contributed by atoms with Gasteiger partial charge in [-0.05, 0) is 51.9 Å². The lowest BCUT2D eigenvalue weighted by Crippen LogP contribution is -2.44. The number of carboxylic acid groups (broad SMARTS) is 1. The van der Waals surface area contributed by atoms with Crippen LogP contribution in [0.4, 0.5) is 4.79 Å². The normalized spacial score (nSPS) is 34.4. The summed E-state index contributed by atoms with van der Waals surface area (Å²) in [5.41, 5.74) is -0.520. The minimum absolute atomic E-state index is 0.0419. The molecule has 2 aliphatic rings. The molecule has 0 aliphatic heterocycles. The molecule has 4 atom stereocenters. The van der Waals surface area contributed by atoms with Gasteiger partial charge in [-0.2, -0.15) is 0 Å². The maximum atomic E-state index is 11.7. The van der Waals surface area contributed by atoms with Gasteiger partial charge in [0.1, 0.15) is 5.60 Å². The van der Waals surface area contributed by atoms with Crippen LogP contribution in [0.2, 0.25) is 0 Å². The second-order valence-corrected chi connectivity index (χ2v) is 6.43. The Bertz CT molecular complexity index is 360. The van der Waals surface area contributed by atoms with Crippen molar-refractivity contribution in [3.63, 3.8) is 0 Å². The van der Waals surface area contributed by atoms with Crippen LogP contribution < -0.4 is 5.32 Å². The molecule has 2 rings (SSSR count). The molecule has 2 N–H and O–H groups in total. The van der Waals surface area contributed by atoms with Crippen LogP contribution in [0.1, 0.15) is 40.0 Å². The summed E-state index contributed by atoms with van der Waals surface area (Å²) in [5, 5.41) is 12.0. The summed E-state index contributed by atoms with van der Waals surface area (Å²) in [6.07, 6.45) is 2.11. The highest BCUT2D eigenvalue weighted by molar-refractivity contribution is 5.72. The maximum absolute atomic E-state index is 11.7. The van der Waals surface area contributed by atoms with Crippen LogP contribution in [-0.2, 0) is 9.53 Å². The molecule has 0 aromatic heterocycles. The SMILES string of the molecule is CC(C)(C)OC(=O)N[C@H]1C[C@H]2C[C@H]1[C@H](C(=O)O)C2. The Labute approximate surface area is 107 Å². The highest BCUT2D eigenvalue weighted by atomic mass is 16.6. The molecule has 5 heteroatoms. The van der Waals surface area contributed by atoms with Gasteiger partial charge in [0.15, 0.2) is 0 Å². The van der Waals surface area contributed by atoms with E-state index < -0.39 is 17.7 Å². The first-order chi connectivity index (χ1) is 8.26. The molecule has 0 aromatic rings. The van der Waals surface area contributed by atoms with Gasteiger partial charge in [-0.1, -0.05) is 0 Å². The van der Waals surface area contributed by atoms with Gasteiger partial charge in [0.25, 0.3) is 0 Å². The average molecular weight is 255 g/mol. The number of amides is 1. The Morgan fingerprint density at radius 3 is 2.39 bits per heavy atom. The number of hydrogen-bond acceptors (Lipinski definition) is 3. The van der Waals surface area contributed by atoms with E-state index in [0.29, 0.717) is 5.92 Å². The van der Waals surface area contributed by atoms with E-state index in [0.717, 1.165) is 19.3 Å². The predicted molar refractivity (Wildman–Crippen MR) is 65.1 cm³/mol. The van der Waals surface area contributed by atoms with Crippen molar-refractivity contribution in [1.29, 1.82) is 0 Å². The molecule has 0 heterocycles. The second kappa shape index (κ2) is 4.44. The number of fused-ring (bicyclic) bond motifs is 2. The van der Waals surface area contributed by atoms with E-state index in [1.54, 1.807) is 0 Å². The summed E-state index contributed by atoms with van der Waals surface area (Å²) in [7, 11) is 0. The minimum Gasteiger partial charge on any atom is -0.481 e. The van der Waals surface area contributed by atoms with Crippen molar-refractivity contribution < 1.29 is 19.4 Å². The van der Waals surface area contributed by atoms with Crippen molar-refractivity contribution in [3.8, 4) is 0 Å². The third-order valence-electron chi connectivity index (χ3n) is 3.83. The molecule has 0 unspecified atom stereocenters. The molecule has 18 heavy (non-hydrogen) atoms. The lowest BCUT2D eigenvalue weighted by atomic mass is 9.85. The number of ether oxygens (including phenoxy) is 1. The molecule has 0 aromatic carbocycles. The Morgan fingerprint density at radius 2 is 1.89 bits per heavy atom. The van der Waals surface area contributed by atoms with Gasteiger partial charge in [0.05, 0.1) is 5.92 Å². The molecule has 0 radical (unpaired) electrons. The van der Waals surface area contributed by atoms with Gasteiger partial charge in [-0.25, -0.2) is 4.79 Å². The van der Waals surface area contributed by atoms with Gasteiger partial charge in [0, 0.05) is 6.04 Å². The fourth-order valence-electron chi connectivity index (χ4n) is 3.26.